The Bertz CT molecular complexity index is 122. The fourth-order valence-electron chi connectivity index (χ4n) is 0.805. The zero-order valence-corrected chi connectivity index (χ0v) is 7.38. The van der Waals surface area contributed by atoms with Gasteiger partial charge in [0.1, 0.15) is 0 Å². The van der Waals surface area contributed by atoms with Crippen molar-refractivity contribution in [1.82, 2.24) is 8.43 Å². The molecule has 0 spiro atoms. The largest absolute Gasteiger partial charge is 0.340 e. The summed E-state index contributed by atoms with van der Waals surface area (Å²) in [4.78, 5) is 12.4. The third kappa shape index (κ3) is 1.54. The lowest BCUT2D eigenvalue weighted by Crippen LogP contribution is -2.57. The Labute approximate surface area is 68.3 Å². The maximum atomic E-state index is 10.6. The van der Waals surface area contributed by atoms with Gasteiger partial charge in [-0.05, 0) is 0 Å². The molecule has 0 saturated carbocycles. The molecule has 0 bridgehead atoms. The Morgan fingerprint density at radius 2 is 2.33 bits per heavy atom. The lowest BCUT2D eigenvalue weighted by molar-refractivity contribution is -0.133. The average Bonchev–Trinajstić information content (AvgIpc) is 1.61. The summed E-state index contributed by atoms with van der Waals surface area (Å²) in [5.74, 6) is 0.179. The van der Waals surface area contributed by atoms with Gasteiger partial charge in [-0.3, -0.25) is 8.32 Å². The lowest BCUT2D eigenvalue weighted by Gasteiger charge is -2.37. The second-order valence-corrected chi connectivity index (χ2v) is 2.85. The minimum atomic E-state index is 0.179. The zero-order chi connectivity index (χ0) is 6.85. The van der Waals surface area contributed by atoms with Crippen molar-refractivity contribution in [2.45, 2.75) is 13.0 Å². The molecule has 0 aromatic carbocycles. The molecule has 1 N–H and O–H groups in total. The molecule has 9 heavy (non-hydrogen) atoms. The fraction of sp³-hybridized carbons (Fsp3) is 0.800. The molecular formula is C5H9IN2O. The molecule has 1 aliphatic rings. The van der Waals surface area contributed by atoms with Crippen LogP contribution in [0.4, 0.5) is 0 Å². The van der Waals surface area contributed by atoms with E-state index in [1.54, 1.807) is 6.92 Å². The first-order valence-electron chi connectivity index (χ1n) is 2.85. The van der Waals surface area contributed by atoms with E-state index < -0.39 is 0 Å². The summed E-state index contributed by atoms with van der Waals surface area (Å²) in [6.45, 7) is 3.35. The molecule has 3 nitrogen and oxygen atoms in total. The van der Waals surface area contributed by atoms with Crippen molar-refractivity contribution in [2.24, 2.45) is 0 Å². The molecule has 0 radical (unpaired) electrons. The van der Waals surface area contributed by atoms with Gasteiger partial charge in [-0.25, -0.2) is 0 Å². The van der Waals surface area contributed by atoms with Gasteiger partial charge in [0.05, 0.1) is 6.04 Å². The molecular weight excluding hydrogens is 231 g/mol. The van der Waals surface area contributed by atoms with Crippen LogP contribution in [0.25, 0.3) is 0 Å². The summed E-state index contributed by atoms with van der Waals surface area (Å²) < 4.78 is 3.06. The van der Waals surface area contributed by atoms with E-state index in [1.807, 2.05) is 4.90 Å². The quantitative estimate of drug-likeness (QED) is 0.523. The number of halogens is 1. The van der Waals surface area contributed by atoms with Crippen LogP contribution in [0, 0.1) is 0 Å². The molecule has 1 heterocycles. The summed E-state index contributed by atoms with van der Waals surface area (Å²) in [6.07, 6.45) is 0. The van der Waals surface area contributed by atoms with Crippen LogP contribution >= 0.6 is 22.9 Å². The van der Waals surface area contributed by atoms with Crippen molar-refractivity contribution in [3.63, 3.8) is 0 Å². The maximum Gasteiger partial charge on any atom is 0.219 e. The van der Waals surface area contributed by atoms with Crippen LogP contribution in [0.15, 0.2) is 0 Å². The summed E-state index contributed by atoms with van der Waals surface area (Å²) in [5, 5.41) is 0. The molecule has 1 fully saturated rings. The van der Waals surface area contributed by atoms with Crippen molar-refractivity contribution < 1.29 is 4.79 Å². The van der Waals surface area contributed by atoms with E-state index in [2.05, 4.69) is 26.4 Å². The number of hydrogen-bond acceptors (Lipinski definition) is 2. The number of amides is 1. The van der Waals surface area contributed by atoms with Crippen LogP contribution < -0.4 is 3.53 Å². The number of nitrogens with zero attached hydrogens (tertiary/aromatic N) is 1. The third-order valence-corrected chi connectivity index (χ3v) is 2.36. The van der Waals surface area contributed by atoms with Crippen LogP contribution in [-0.4, -0.2) is 29.9 Å². The number of likely N-dealkylation sites (tertiary alicyclic amines) is 1. The average molecular weight is 240 g/mol. The van der Waals surface area contributed by atoms with E-state index in [4.69, 9.17) is 0 Å². The number of carbonyl (C=O) groups excluding carboxylic acids is 1. The Kier molecular flexibility index (Phi) is 2.29. The predicted molar refractivity (Wildman–Crippen MR) is 43.2 cm³/mol. The molecule has 0 atom stereocenters. The molecule has 52 valence electrons. The summed E-state index contributed by atoms with van der Waals surface area (Å²) in [6, 6.07) is 0.523. The SMILES string of the molecule is CC(=O)N1CC(NI)C1. The minimum Gasteiger partial charge on any atom is -0.340 e. The molecule has 1 aliphatic heterocycles. The lowest BCUT2D eigenvalue weighted by atomic mass is 10.1. The van der Waals surface area contributed by atoms with Gasteiger partial charge in [0.15, 0.2) is 0 Å². The van der Waals surface area contributed by atoms with Crippen LogP contribution in [0.2, 0.25) is 0 Å². The highest BCUT2D eigenvalue weighted by Crippen LogP contribution is 2.07. The zero-order valence-electron chi connectivity index (χ0n) is 5.22. The number of carbonyl (C=O) groups is 1. The van der Waals surface area contributed by atoms with E-state index in [-0.39, 0.29) is 5.91 Å². The smallest absolute Gasteiger partial charge is 0.219 e. The highest BCUT2D eigenvalue weighted by Gasteiger charge is 2.26. The van der Waals surface area contributed by atoms with Crippen molar-refractivity contribution in [3.05, 3.63) is 0 Å². The van der Waals surface area contributed by atoms with E-state index in [1.165, 1.54) is 0 Å². The van der Waals surface area contributed by atoms with Crippen LogP contribution in [0.5, 0.6) is 0 Å². The number of rotatable bonds is 1. The molecule has 0 unspecified atom stereocenters. The summed E-state index contributed by atoms with van der Waals surface area (Å²) in [5.41, 5.74) is 0. The maximum absolute atomic E-state index is 10.6. The normalized spacial score (nSPS) is 19.6. The summed E-state index contributed by atoms with van der Waals surface area (Å²) >= 11 is 2.11. The van der Waals surface area contributed by atoms with Crippen molar-refractivity contribution >= 4 is 28.8 Å². The van der Waals surface area contributed by atoms with E-state index in [0.29, 0.717) is 6.04 Å². The van der Waals surface area contributed by atoms with Gasteiger partial charge >= 0.3 is 0 Å². The third-order valence-electron chi connectivity index (χ3n) is 1.48. The molecule has 4 heteroatoms. The van der Waals surface area contributed by atoms with Gasteiger partial charge in [0.25, 0.3) is 0 Å². The first-order valence-corrected chi connectivity index (χ1v) is 3.93. The molecule has 1 rings (SSSR count). The van der Waals surface area contributed by atoms with E-state index >= 15 is 0 Å². The first kappa shape index (κ1) is 7.27. The van der Waals surface area contributed by atoms with Crippen molar-refractivity contribution in [2.75, 3.05) is 13.1 Å². The van der Waals surface area contributed by atoms with Gasteiger partial charge in [-0.15, -0.1) is 0 Å². The number of hydrogen-bond donors (Lipinski definition) is 1. The van der Waals surface area contributed by atoms with Gasteiger partial charge in [0, 0.05) is 42.9 Å². The predicted octanol–water partition coefficient (Wildman–Crippen LogP) is 0.157. The van der Waals surface area contributed by atoms with Crippen molar-refractivity contribution in [3.8, 4) is 0 Å². The molecule has 1 saturated heterocycles. The summed E-state index contributed by atoms with van der Waals surface area (Å²) in [7, 11) is 0. The number of nitrogens with one attached hydrogen (secondary N) is 1. The molecule has 0 aromatic heterocycles. The van der Waals surface area contributed by atoms with Crippen LogP contribution in [-0.2, 0) is 4.79 Å². The Morgan fingerprint density at radius 1 is 1.78 bits per heavy atom. The standard InChI is InChI=1S/C5H9IN2O/c1-4(9)8-2-5(3-8)7-6/h5,7H,2-3H2,1H3. The molecule has 0 aromatic rings. The minimum absolute atomic E-state index is 0.179. The molecule has 0 aliphatic carbocycles. The first-order chi connectivity index (χ1) is 4.24. The van der Waals surface area contributed by atoms with E-state index in [0.717, 1.165) is 13.1 Å². The molecule has 1 amide bonds. The fourth-order valence-corrected chi connectivity index (χ4v) is 1.20. The topological polar surface area (TPSA) is 32.3 Å². The Hall–Kier alpha value is 0.160. The van der Waals surface area contributed by atoms with Crippen LogP contribution in [0.3, 0.4) is 0 Å². The Balaban J connectivity index is 2.19. The second kappa shape index (κ2) is 2.83. The highest BCUT2D eigenvalue weighted by atomic mass is 127. The highest BCUT2D eigenvalue weighted by molar-refractivity contribution is 14.1. The van der Waals surface area contributed by atoms with Gasteiger partial charge < -0.3 is 4.90 Å². The van der Waals surface area contributed by atoms with Crippen LogP contribution in [0.1, 0.15) is 6.92 Å². The Morgan fingerprint density at radius 3 is 2.67 bits per heavy atom. The van der Waals surface area contributed by atoms with Gasteiger partial charge in [-0.2, -0.15) is 0 Å². The van der Waals surface area contributed by atoms with E-state index in [9.17, 15) is 4.79 Å². The van der Waals surface area contributed by atoms with Gasteiger partial charge in [0.2, 0.25) is 5.91 Å². The monoisotopic (exact) mass is 240 g/mol. The second-order valence-electron chi connectivity index (χ2n) is 2.23. The van der Waals surface area contributed by atoms with Gasteiger partial charge in [-0.1, -0.05) is 0 Å². The van der Waals surface area contributed by atoms with Crippen molar-refractivity contribution in [1.29, 1.82) is 0 Å².